The summed E-state index contributed by atoms with van der Waals surface area (Å²) in [4.78, 5) is 24.7. The van der Waals surface area contributed by atoms with E-state index in [1.54, 1.807) is 37.3 Å². The minimum absolute atomic E-state index is 0.243. The molecule has 0 aliphatic heterocycles. The first kappa shape index (κ1) is 17.7. The fourth-order valence-corrected chi connectivity index (χ4v) is 2.21. The quantitative estimate of drug-likeness (QED) is 0.878. The summed E-state index contributed by atoms with van der Waals surface area (Å²) in [7, 11) is 0. The number of anilines is 1. The molecule has 2 amide bonds. The number of nitrogens with one attached hydrogen (secondary N) is 2. The summed E-state index contributed by atoms with van der Waals surface area (Å²) in [5.41, 5.74) is 1.68. The van der Waals surface area contributed by atoms with Gasteiger partial charge in [-0.25, -0.2) is 4.39 Å². The highest BCUT2D eigenvalue weighted by molar-refractivity contribution is 6.09. The van der Waals surface area contributed by atoms with Crippen LogP contribution < -0.4 is 10.6 Å². The Kier molecular flexibility index (Phi) is 5.68. The van der Waals surface area contributed by atoms with Gasteiger partial charge in [0, 0.05) is 12.1 Å². The number of carbonyl (C=O) groups excluding carboxylic acids is 2. The molecule has 0 aliphatic carbocycles. The van der Waals surface area contributed by atoms with E-state index in [9.17, 15) is 14.0 Å². The van der Waals surface area contributed by atoms with Gasteiger partial charge in [0.05, 0.1) is 11.3 Å². The summed E-state index contributed by atoms with van der Waals surface area (Å²) >= 11 is 0. The number of carbonyl (C=O) groups is 2. The molecule has 0 bridgehead atoms. The maximum absolute atomic E-state index is 13.4. The lowest BCUT2D eigenvalue weighted by atomic mass is 10.1. The Bertz CT molecular complexity index is 757. The predicted molar refractivity (Wildman–Crippen MR) is 92.7 cm³/mol. The van der Waals surface area contributed by atoms with E-state index in [4.69, 9.17) is 0 Å². The van der Waals surface area contributed by atoms with Crippen molar-refractivity contribution in [3.8, 4) is 0 Å². The van der Waals surface area contributed by atoms with Crippen molar-refractivity contribution < 1.29 is 14.0 Å². The molecule has 2 aromatic rings. The zero-order valence-corrected chi connectivity index (χ0v) is 14.0. The van der Waals surface area contributed by atoms with Crippen molar-refractivity contribution in [3.05, 3.63) is 65.0 Å². The largest absolute Gasteiger partial charge is 0.352 e. The number of para-hydroxylation sites is 1. The third-order valence-corrected chi connectivity index (χ3v) is 3.54. The van der Waals surface area contributed by atoms with Crippen LogP contribution in [-0.4, -0.2) is 18.4 Å². The van der Waals surface area contributed by atoms with E-state index in [1.165, 1.54) is 12.1 Å². The van der Waals surface area contributed by atoms with Crippen LogP contribution in [0.4, 0.5) is 10.1 Å². The van der Waals surface area contributed by atoms with Crippen LogP contribution in [0.1, 0.15) is 40.1 Å². The maximum atomic E-state index is 13.4. The summed E-state index contributed by atoms with van der Waals surface area (Å²) in [6.07, 6.45) is 0. The zero-order valence-electron chi connectivity index (χ0n) is 14.0. The highest BCUT2D eigenvalue weighted by atomic mass is 19.1. The normalized spacial score (nSPS) is 10.5. The lowest BCUT2D eigenvalue weighted by molar-refractivity contribution is 0.0950. The zero-order chi connectivity index (χ0) is 17.7. The van der Waals surface area contributed by atoms with Crippen molar-refractivity contribution in [1.82, 2.24) is 5.32 Å². The molecule has 0 saturated carbocycles. The summed E-state index contributed by atoms with van der Waals surface area (Å²) in [6.45, 7) is 6.28. The van der Waals surface area contributed by atoms with Gasteiger partial charge < -0.3 is 10.6 Å². The van der Waals surface area contributed by atoms with Crippen molar-refractivity contribution in [3.63, 3.8) is 0 Å². The highest BCUT2D eigenvalue weighted by Crippen LogP contribution is 2.18. The molecule has 0 heterocycles. The molecular formula is C19H21FN2O2. The van der Waals surface area contributed by atoms with E-state index in [2.05, 4.69) is 10.6 Å². The molecule has 126 valence electrons. The summed E-state index contributed by atoms with van der Waals surface area (Å²) < 4.78 is 13.4. The molecule has 5 heteroatoms. The molecular weight excluding hydrogens is 307 g/mol. The smallest absolute Gasteiger partial charge is 0.256 e. The number of halogens is 1. The fourth-order valence-electron chi connectivity index (χ4n) is 2.21. The second-order valence-corrected chi connectivity index (χ2v) is 6.06. The van der Waals surface area contributed by atoms with E-state index >= 15 is 0 Å². The van der Waals surface area contributed by atoms with Crippen LogP contribution in [0, 0.1) is 18.7 Å². The molecule has 0 aromatic heterocycles. The van der Waals surface area contributed by atoms with Crippen LogP contribution in [0.2, 0.25) is 0 Å². The molecule has 0 atom stereocenters. The van der Waals surface area contributed by atoms with Crippen LogP contribution in [0.3, 0.4) is 0 Å². The van der Waals surface area contributed by atoms with Gasteiger partial charge in [-0.2, -0.15) is 0 Å². The average Bonchev–Trinajstić information content (AvgIpc) is 2.55. The molecule has 2 N–H and O–H groups in total. The second-order valence-electron chi connectivity index (χ2n) is 6.06. The third kappa shape index (κ3) is 4.41. The highest BCUT2D eigenvalue weighted by Gasteiger charge is 2.15. The monoisotopic (exact) mass is 328 g/mol. The van der Waals surface area contributed by atoms with Gasteiger partial charge in [0.1, 0.15) is 5.82 Å². The standard InChI is InChI=1S/C19H21FN2O2/c1-12(2)11-21-18(23)15-6-4-5-7-17(15)22-19(24)16-10-14(20)9-8-13(16)3/h4-10,12H,11H2,1-3H3,(H,21,23)(H,22,24). The molecule has 0 saturated heterocycles. The first-order valence-electron chi connectivity index (χ1n) is 7.83. The lowest BCUT2D eigenvalue weighted by Crippen LogP contribution is -2.28. The van der Waals surface area contributed by atoms with E-state index in [0.717, 1.165) is 0 Å². The first-order valence-corrected chi connectivity index (χ1v) is 7.83. The number of amides is 2. The molecule has 2 aromatic carbocycles. The number of hydrogen-bond donors (Lipinski definition) is 2. The minimum atomic E-state index is -0.478. The average molecular weight is 328 g/mol. The van der Waals surface area contributed by atoms with Crippen LogP contribution in [0.25, 0.3) is 0 Å². The van der Waals surface area contributed by atoms with Crippen LogP contribution >= 0.6 is 0 Å². The molecule has 2 rings (SSSR count). The molecule has 0 fully saturated rings. The molecule has 0 aliphatic rings. The Morgan fingerprint density at radius 2 is 1.75 bits per heavy atom. The number of aryl methyl sites for hydroxylation is 1. The third-order valence-electron chi connectivity index (χ3n) is 3.54. The number of hydrogen-bond acceptors (Lipinski definition) is 2. The van der Waals surface area contributed by atoms with Crippen molar-refractivity contribution in [1.29, 1.82) is 0 Å². The summed E-state index contributed by atoms with van der Waals surface area (Å²) in [5.74, 6) is -0.856. The van der Waals surface area contributed by atoms with Crippen molar-refractivity contribution in [2.75, 3.05) is 11.9 Å². The Morgan fingerprint density at radius 1 is 1.04 bits per heavy atom. The van der Waals surface area contributed by atoms with Crippen molar-refractivity contribution in [2.24, 2.45) is 5.92 Å². The SMILES string of the molecule is Cc1ccc(F)cc1C(=O)Nc1ccccc1C(=O)NCC(C)C. The van der Waals surface area contributed by atoms with Gasteiger partial charge in [-0.3, -0.25) is 9.59 Å². The van der Waals surface area contributed by atoms with Gasteiger partial charge in [0.2, 0.25) is 0 Å². The molecule has 4 nitrogen and oxygen atoms in total. The van der Waals surface area contributed by atoms with Crippen molar-refractivity contribution in [2.45, 2.75) is 20.8 Å². The Hall–Kier alpha value is -2.69. The van der Waals surface area contributed by atoms with Gasteiger partial charge in [0.15, 0.2) is 0 Å². The minimum Gasteiger partial charge on any atom is -0.352 e. The van der Waals surface area contributed by atoms with Gasteiger partial charge in [-0.1, -0.05) is 32.0 Å². The molecule has 0 radical (unpaired) electrons. The van der Waals surface area contributed by atoms with Gasteiger partial charge >= 0.3 is 0 Å². The van der Waals surface area contributed by atoms with E-state index in [1.807, 2.05) is 13.8 Å². The topological polar surface area (TPSA) is 58.2 Å². The van der Waals surface area contributed by atoms with E-state index in [-0.39, 0.29) is 11.5 Å². The predicted octanol–water partition coefficient (Wildman–Crippen LogP) is 3.77. The van der Waals surface area contributed by atoms with Crippen molar-refractivity contribution >= 4 is 17.5 Å². The van der Waals surface area contributed by atoms with Gasteiger partial charge in [-0.15, -0.1) is 0 Å². The first-order chi connectivity index (χ1) is 11.4. The maximum Gasteiger partial charge on any atom is 0.256 e. The second kappa shape index (κ2) is 7.73. The number of benzene rings is 2. The van der Waals surface area contributed by atoms with Gasteiger partial charge in [-0.05, 0) is 42.7 Å². The molecule has 0 spiro atoms. The molecule has 24 heavy (non-hydrogen) atoms. The Morgan fingerprint density at radius 3 is 2.46 bits per heavy atom. The van der Waals surface area contributed by atoms with Crippen LogP contribution in [-0.2, 0) is 0 Å². The number of rotatable bonds is 5. The summed E-state index contributed by atoms with van der Waals surface area (Å²) in [6, 6.07) is 10.8. The van der Waals surface area contributed by atoms with Crippen LogP contribution in [0.15, 0.2) is 42.5 Å². The fraction of sp³-hybridized carbons (Fsp3) is 0.263. The lowest BCUT2D eigenvalue weighted by Gasteiger charge is -2.13. The Balaban J connectivity index is 2.22. The van der Waals surface area contributed by atoms with Crippen LogP contribution in [0.5, 0.6) is 0 Å². The van der Waals surface area contributed by atoms with E-state index < -0.39 is 11.7 Å². The Labute approximate surface area is 141 Å². The summed E-state index contributed by atoms with van der Waals surface area (Å²) in [5, 5.41) is 5.52. The van der Waals surface area contributed by atoms with Gasteiger partial charge in [0.25, 0.3) is 11.8 Å². The van der Waals surface area contributed by atoms with E-state index in [0.29, 0.717) is 29.3 Å². The molecule has 0 unspecified atom stereocenters.